The highest BCUT2D eigenvalue weighted by Crippen LogP contribution is 2.04. The number of nitrogens with one attached hydrogen (secondary N) is 2. The summed E-state index contributed by atoms with van der Waals surface area (Å²) in [5.74, 6) is -0.120. The van der Waals surface area contributed by atoms with Crippen molar-refractivity contribution in [2.24, 2.45) is 5.73 Å². The molecule has 0 aromatic rings. The largest absolute Gasteiger partial charge is 0.465 e. The fourth-order valence-electron chi connectivity index (χ4n) is 1.11. The minimum absolute atomic E-state index is 0.146. The zero-order valence-electron chi connectivity index (χ0n) is 11.2. The van der Waals surface area contributed by atoms with E-state index in [-0.39, 0.29) is 11.7 Å². The Morgan fingerprint density at radius 3 is 2.58 bits per heavy atom. The van der Waals surface area contributed by atoms with Crippen molar-refractivity contribution in [2.75, 3.05) is 24.7 Å². The zero-order chi connectivity index (χ0) is 14.7. The van der Waals surface area contributed by atoms with Crippen molar-refractivity contribution in [3.05, 3.63) is 0 Å². The SMILES string of the molecule is CCNC(=O)NC(=O)CSCCC(N)C(=O)OCC. The van der Waals surface area contributed by atoms with Gasteiger partial charge in [0, 0.05) is 6.54 Å². The molecule has 0 bridgehead atoms. The number of hydrogen-bond donors (Lipinski definition) is 3. The summed E-state index contributed by atoms with van der Waals surface area (Å²) in [5.41, 5.74) is 5.59. The molecule has 0 fully saturated rings. The lowest BCUT2D eigenvalue weighted by Crippen LogP contribution is -2.40. The lowest BCUT2D eigenvalue weighted by molar-refractivity contribution is -0.144. The average molecular weight is 291 g/mol. The number of hydrogen-bond acceptors (Lipinski definition) is 6. The van der Waals surface area contributed by atoms with Crippen LogP contribution in [0.2, 0.25) is 0 Å². The molecule has 4 N–H and O–H groups in total. The summed E-state index contributed by atoms with van der Waals surface area (Å²) in [6, 6.07) is -1.17. The van der Waals surface area contributed by atoms with E-state index in [2.05, 4.69) is 10.6 Å². The number of amides is 3. The molecule has 0 aromatic carbocycles. The highest BCUT2D eigenvalue weighted by Gasteiger charge is 2.14. The van der Waals surface area contributed by atoms with Crippen molar-refractivity contribution in [1.29, 1.82) is 0 Å². The summed E-state index contributed by atoms with van der Waals surface area (Å²) >= 11 is 1.31. The van der Waals surface area contributed by atoms with Gasteiger partial charge in [-0.1, -0.05) is 0 Å². The third-order valence-corrected chi connectivity index (χ3v) is 2.98. The number of carbonyl (C=O) groups is 3. The monoisotopic (exact) mass is 291 g/mol. The number of urea groups is 1. The van der Waals surface area contributed by atoms with Gasteiger partial charge >= 0.3 is 12.0 Å². The zero-order valence-corrected chi connectivity index (χ0v) is 12.0. The van der Waals surface area contributed by atoms with Gasteiger partial charge in [0.2, 0.25) is 5.91 Å². The summed E-state index contributed by atoms with van der Waals surface area (Å²) in [6.45, 7) is 4.23. The molecule has 0 heterocycles. The van der Waals surface area contributed by atoms with Crippen LogP contribution >= 0.6 is 11.8 Å². The lowest BCUT2D eigenvalue weighted by atomic mass is 10.2. The standard InChI is InChI=1S/C11H21N3O4S/c1-3-13-11(17)14-9(15)7-19-6-5-8(12)10(16)18-4-2/h8H,3-7,12H2,1-2H3,(H2,13,14,15,17). The van der Waals surface area contributed by atoms with Gasteiger partial charge in [-0.3, -0.25) is 14.9 Å². The van der Waals surface area contributed by atoms with Crippen LogP contribution in [0.15, 0.2) is 0 Å². The molecule has 0 radical (unpaired) electrons. The maximum atomic E-state index is 11.3. The molecule has 0 saturated carbocycles. The maximum Gasteiger partial charge on any atom is 0.322 e. The van der Waals surface area contributed by atoms with E-state index in [0.29, 0.717) is 25.3 Å². The van der Waals surface area contributed by atoms with E-state index in [0.717, 1.165) is 0 Å². The second-order valence-electron chi connectivity index (χ2n) is 3.61. The van der Waals surface area contributed by atoms with Crippen molar-refractivity contribution in [1.82, 2.24) is 10.6 Å². The van der Waals surface area contributed by atoms with E-state index < -0.39 is 18.0 Å². The third-order valence-electron chi connectivity index (χ3n) is 1.99. The van der Waals surface area contributed by atoms with Gasteiger partial charge in [-0.25, -0.2) is 4.79 Å². The molecule has 3 amide bonds. The van der Waals surface area contributed by atoms with Crippen LogP contribution in [0.5, 0.6) is 0 Å². The number of ether oxygens (including phenoxy) is 1. The predicted molar refractivity (Wildman–Crippen MR) is 73.8 cm³/mol. The number of nitrogens with two attached hydrogens (primary N) is 1. The minimum Gasteiger partial charge on any atom is -0.465 e. The molecule has 110 valence electrons. The lowest BCUT2D eigenvalue weighted by Gasteiger charge is -2.09. The quantitative estimate of drug-likeness (QED) is 0.423. The highest BCUT2D eigenvalue weighted by molar-refractivity contribution is 7.99. The fourth-order valence-corrected chi connectivity index (χ4v) is 1.93. The van der Waals surface area contributed by atoms with Gasteiger partial charge in [0.15, 0.2) is 0 Å². The first-order valence-electron chi connectivity index (χ1n) is 6.08. The van der Waals surface area contributed by atoms with E-state index in [1.54, 1.807) is 13.8 Å². The second kappa shape index (κ2) is 10.6. The topological polar surface area (TPSA) is 111 Å². The van der Waals surface area contributed by atoms with Crippen LogP contribution in [0.4, 0.5) is 4.79 Å². The Hall–Kier alpha value is -1.28. The van der Waals surface area contributed by atoms with Gasteiger partial charge < -0.3 is 15.8 Å². The Morgan fingerprint density at radius 2 is 2.00 bits per heavy atom. The summed E-state index contributed by atoms with van der Waals surface area (Å²) < 4.78 is 4.76. The molecule has 0 aliphatic heterocycles. The normalized spacial score (nSPS) is 11.5. The summed E-state index contributed by atoms with van der Waals surface area (Å²) in [7, 11) is 0. The van der Waals surface area contributed by atoms with Crippen LogP contribution < -0.4 is 16.4 Å². The van der Waals surface area contributed by atoms with E-state index >= 15 is 0 Å². The first kappa shape index (κ1) is 17.7. The van der Waals surface area contributed by atoms with E-state index in [9.17, 15) is 14.4 Å². The number of rotatable bonds is 8. The van der Waals surface area contributed by atoms with E-state index in [4.69, 9.17) is 10.5 Å². The molecular weight excluding hydrogens is 270 g/mol. The summed E-state index contributed by atoms with van der Waals surface area (Å²) in [4.78, 5) is 33.5. The van der Waals surface area contributed by atoms with Gasteiger partial charge in [-0.15, -0.1) is 0 Å². The summed E-state index contributed by atoms with van der Waals surface area (Å²) in [5, 5.41) is 4.63. The maximum absolute atomic E-state index is 11.3. The molecule has 7 nitrogen and oxygen atoms in total. The van der Waals surface area contributed by atoms with Crippen LogP contribution in [-0.2, 0) is 14.3 Å². The third kappa shape index (κ3) is 9.32. The molecule has 0 aliphatic rings. The van der Waals surface area contributed by atoms with Crippen LogP contribution in [0.1, 0.15) is 20.3 Å². The fraction of sp³-hybridized carbons (Fsp3) is 0.727. The Balaban J connectivity index is 3.66. The van der Waals surface area contributed by atoms with Gasteiger partial charge in [0.1, 0.15) is 6.04 Å². The molecule has 1 atom stereocenters. The first-order valence-corrected chi connectivity index (χ1v) is 7.24. The molecule has 0 saturated heterocycles. The van der Waals surface area contributed by atoms with Crippen molar-refractivity contribution in [2.45, 2.75) is 26.3 Å². The molecular formula is C11H21N3O4S. The Bertz CT molecular complexity index is 312. The smallest absolute Gasteiger partial charge is 0.322 e. The molecule has 0 rings (SSSR count). The van der Waals surface area contributed by atoms with Crippen LogP contribution in [0.3, 0.4) is 0 Å². The number of carbonyl (C=O) groups excluding carboxylic acids is 3. The van der Waals surface area contributed by atoms with Gasteiger partial charge in [-0.2, -0.15) is 11.8 Å². The number of thioether (sulfide) groups is 1. The highest BCUT2D eigenvalue weighted by atomic mass is 32.2. The molecule has 0 spiro atoms. The van der Waals surface area contributed by atoms with Gasteiger partial charge in [0.25, 0.3) is 0 Å². The van der Waals surface area contributed by atoms with E-state index in [1.165, 1.54) is 11.8 Å². The Kier molecular flexibility index (Phi) is 9.91. The molecule has 1 unspecified atom stereocenters. The van der Waals surface area contributed by atoms with Crippen molar-refractivity contribution >= 4 is 29.7 Å². The van der Waals surface area contributed by atoms with Crippen LogP contribution in [0, 0.1) is 0 Å². The van der Waals surface area contributed by atoms with E-state index in [1.807, 2.05) is 0 Å². The minimum atomic E-state index is -0.668. The van der Waals surface area contributed by atoms with Crippen molar-refractivity contribution in [3.63, 3.8) is 0 Å². The molecule has 0 aromatic heterocycles. The van der Waals surface area contributed by atoms with Crippen molar-refractivity contribution in [3.8, 4) is 0 Å². The molecule has 19 heavy (non-hydrogen) atoms. The van der Waals surface area contributed by atoms with Crippen molar-refractivity contribution < 1.29 is 19.1 Å². The molecule has 0 aliphatic carbocycles. The Labute approximate surface area is 117 Å². The summed E-state index contributed by atoms with van der Waals surface area (Å²) in [6.07, 6.45) is 0.429. The first-order chi connectivity index (χ1) is 9.01. The van der Waals surface area contributed by atoms with Crippen LogP contribution in [0.25, 0.3) is 0 Å². The van der Waals surface area contributed by atoms with Gasteiger partial charge in [-0.05, 0) is 26.0 Å². The Morgan fingerprint density at radius 1 is 1.32 bits per heavy atom. The second-order valence-corrected chi connectivity index (χ2v) is 4.71. The molecule has 8 heteroatoms. The predicted octanol–water partition coefficient (Wildman–Crippen LogP) is -0.154. The number of esters is 1. The van der Waals surface area contributed by atoms with Gasteiger partial charge in [0.05, 0.1) is 12.4 Å². The average Bonchev–Trinajstić information content (AvgIpc) is 2.34. The number of imide groups is 1. The van der Waals surface area contributed by atoms with Crippen LogP contribution in [-0.4, -0.2) is 48.6 Å².